The summed E-state index contributed by atoms with van der Waals surface area (Å²) in [5.41, 5.74) is 1.65. The average Bonchev–Trinajstić information content (AvgIpc) is 2.77. The molecule has 0 atom stereocenters. The second-order valence-electron chi connectivity index (χ2n) is 7.07. The van der Waals surface area contributed by atoms with Gasteiger partial charge in [0.15, 0.2) is 17.3 Å². The molecule has 1 saturated heterocycles. The maximum Gasteiger partial charge on any atom is 0.246 e. The number of benzene rings is 2. The minimum atomic E-state index is -0.0651. The van der Waals surface area contributed by atoms with Crippen molar-refractivity contribution in [1.29, 1.82) is 0 Å². The van der Waals surface area contributed by atoms with Gasteiger partial charge in [-0.1, -0.05) is 30.3 Å². The molecule has 0 bridgehead atoms. The third-order valence-electron chi connectivity index (χ3n) is 5.22. The van der Waals surface area contributed by atoms with Crippen molar-refractivity contribution in [3.05, 3.63) is 65.7 Å². The molecule has 0 aliphatic carbocycles. The summed E-state index contributed by atoms with van der Waals surface area (Å²) in [6.45, 7) is 2.23. The van der Waals surface area contributed by atoms with Gasteiger partial charge < -0.3 is 14.4 Å². The van der Waals surface area contributed by atoms with Gasteiger partial charge in [0.2, 0.25) is 5.91 Å². The van der Waals surface area contributed by atoms with Crippen LogP contribution in [0, 0.1) is 5.92 Å². The van der Waals surface area contributed by atoms with Gasteiger partial charge in [-0.05, 0) is 42.7 Å². The molecule has 2 aliphatic heterocycles. The fourth-order valence-corrected chi connectivity index (χ4v) is 3.63. The molecule has 144 valence electrons. The van der Waals surface area contributed by atoms with E-state index in [4.69, 9.17) is 9.47 Å². The molecule has 4 rings (SSSR count). The summed E-state index contributed by atoms with van der Waals surface area (Å²) in [7, 11) is 0. The van der Waals surface area contributed by atoms with E-state index in [-0.39, 0.29) is 17.6 Å². The largest absolute Gasteiger partial charge is 0.486 e. The lowest BCUT2D eigenvalue weighted by atomic mass is 9.88. The highest BCUT2D eigenvalue weighted by molar-refractivity contribution is 5.99. The van der Waals surface area contributed by atoms with Crippen molar-refractivity contribution >= 4 is 17.8 Å². The number of hydrogen-bond acceptors (Lipinski definition) is 4. The Bertz CT molecular complexity index is 883. The Morgan fingerprint density at radius 1 is 0.929 bits per heavy atom. The first kappa shape index (κ1) is 18.3. The number of nitrogens with zero attached hydrogens (tertiary/aromatic N) is 1. The highest BCUT2D eigenvalue weighted by atomic mass is 16.6. The molecule has 2 aromatic carbocycles. The molecule has 0 radical (unpaired) electrons. The van der Waals surface area contributed by atoms with Crippen molar-refractivity contribution in [2.24, 2.45) is 5.92 Å². The van der Waals surface area contributed by atoms with Gasteiger partial charge in [0.1, 0.15) is 13.2 Å². The quantitative estimate of drug-likeness (QED) is 0.604. The SMILES string of the molecule is O=C(c1ccc2c(c1)OCCO2)C1CCN(C(=O)/C=C/c2ccccc2)CC1. The number of fused-ring (bicyclic) bond motifs is 1. The number of rotatable bonds is 4. The number of ether oxygens (including phenoxy) is 2. The first-order valence-corrected chi connectivity index (χ1v) is 9.66. The lowest BCUT2D eigenvalue weighted by Crippen LogP contribution is -2.39. The van der Waals surface area contributed by atoms with Crippen LogP contribution in [0.4, 0.5) is 0 Å². The number of likely N-dealkylation sites (tertiary alicyclic amines) is 1. The Balaban J connectivity index is 1.34. The fourth-order valence-electron chi connectivity index (χ4n) is 3.63. The molecule has 0 N–H and O–H groups in total. The zero-order valence-electron chi connectivity index (χ0n) is 15.7. The first-order chi connectivity index (χ1) is 13.7. The van der Waals surface area contributed by atoms with Gasteiger partial charge in [-0.2, -0.15) is 0 Å². The van der Waals surface area contributed by atoms with Crippen LogP contribution in [-0.2, 0) is 4.79 Å². The molecule has 2 heterocycles. The smallest absolute Gasteiger partial charge is 0.246 e. The lowest BCUT2D eigenvalue weighted by Gasteiger charge is -2.30. The van der Waals surface area contributed by atoms with E-state index in [0.717, 1.165) is 5.56 Å². The maximum absolute atomic E-state index is 12.9. The van der Waals surface area contributed by atoms with Crippen LogP contribution < -0.4 is 9.47 Å². The molecule has 0 aromatic heterocycles. The zero-order valence-corrected chi connectivity index (χ0v) is 15.7. The first-order valence-electron chi connectivity index (χ1n) is 9.66. The van der Waals surface area contributed by atoms with Crippen LogP contribution in [0.3, 0.4) is 0 Å². The van der Waals surface area contributed by atoms with Gasteiger partial charge in [0, 0.05) is 30.6 Å². The van der Waals surface area contributed by atoms with E-state index < -0.39 is 0 Å². The van der Waals surface area contributed by atoms with Crippen molar-refractivity contribution in [3.63, 3.8) is 0 Å². The van der Waals surface area contributed by atoms with Crippen molar-refractivity contribution in [1.82, 2.24) is 4.90 Å². The van der Waals surface area contributed by atoms with E-state index in [2.05, 4.69) is 0 Å². The molecule has 0 unspecified atom stereocenters. The Labute approximate surface area is 164 Å². The number of amides is 1. The Morgan fingerprint density at radius 2 is 1.64 bits per heavy atom. The Kier molecular flexibility index (Phi) is 5.42. The van der Waals surface area contributed by atoms with Crippen LogP contribution in [0.1, 0.15) is 28.8 Å². The third-order valence-corrected chi connectivity index (χ3v) is 5.22. The molecule has 28 heavy (non-hydrogen) atoms. The average molecular weight is 377 g/mol. The summed E-state index contributed by atoms with van der Waals surface area (Å²) < 4.78 is 11.1. The second kappa shape index (κ2) is 8.30. The minimum Gasteiger partial charge on any atom is -0.486 e. The van der Waals surface area contributed by atoms with E-state index >= 15 is 0 Å². The molecular weight excluding hydrogens is 354 g/mol. The predicted octanol–water partition coefficient (Wildman–Crippen LogP) is 3.59. The molecule has 2 aliphatic rings. The van der Waals surface area contributed by atoms with Crippen LogP contribution in [-0.4, -0.2) is 42.9 Å². The van der Waals surface area contributed by atoms with Crippen molar-refractivity contribution in [3.8, 4) is 11.5 Å². The zero-order chi connectivity index (χ0) is 19.3. The summed E-state index contributed by atoms with van der Waals surface area (Å²) in [5, 5.41) is 0. The van der Waals surface area contributed by atoms with E-state index in [9.17, 15) is 9.59 Å². The van der Waals surface area contributed by atoms with Crippen LogP contribution in [0.2, 0.25) is 0 Å². The van der Waals surface area contributed by atoms with Gasteiger partial charge in [-0.25, -0.2) is 0 Å². The van der Waals surface area contributed by atoms with Gasteiger partial charge in [0.05, 0.1) is 0 Å². The highest BCUT2D eigenvalue weighted by Gasteiger charge is 2.28. The van der Waals surface area contributed by atoms with Crippen molar-refractivity contribution in [2.75, 3.05) is 26.3 Å². The van der Waals surface area contributed by atoms with E-state index in [1.165, 1.54) is 0 Å². The number of carbonyl (C=O) groups excluding carboxylic acids is 2. The van der Waals surface area contributed by atoms with Gasteiger partial charge in [-0.3, -0.25) is 9.59 Å². The van der Waals surface area contributed by atoms with E-state index in [0.29, 0.717) is 56.2 Å². The van der Waals surface area contributed by atoms with Gasteiger partial charge in [0.25, 0.3) is 0 Å². The van der Waals surface area contributed by atoms with E-state index in [1.807, 2.05) is 41.3 Å². The van der Waals surface area contributed by atoms with Crippen molar-refractivity contribution < 1.29 is 19.1 Å². The second-order valence-corrected chi connectivity index (χ2v) is 7.07. The number of hydrogen-bond donors (Lipinski definition) is 0. The third kappa shape index (κ3) is 4.09. The summed E-state index contributed by atoms with van der Waals surface area (Å²) in [6, 6.07) is 15.1. The summed E-state index contributed by atoms with van der Waals surface area (Å²) in [4.78, 5) is 27.1. The summed E-state index contributed by atoms with van der Waals surface area (Å²) in [5.74, 6) is 1.37. The molecule has 2 aromatic rings. The topological polar surface area (TPSA) is 55.8 Å². The summed E-state index contributed by atoms with van der Waals surface area (Å²) >= 11 is 0. The Morgan fingerprint density at radius 3 is 2.39 bits per heavy atom. The number of piperidine rings is 1. The van der Waals surface area contributed by atoms with Crippen LogP contribution in [0.15, 0.2) is 54.6 Å². The molecule has 0 spiro atoms. The molecule has 0 saturated carbocycles. The molecule has 5 nitrogen and oxygen atoms in total. The fraction of sp³-hybridized carbons (Fsp3) is 0.304. The van der Waals surface area contributed by atoms with Gasteiger partial charge >= 0.3 is 0 Å². The monoisotopic (exact) mass is 377 g/mol. The van der Waals surface area contributed by atoms with Crippen LogP contribution >= 0.6 is 0 Å². The number of carbonyl (C=O) groups is 2. The predicted molar refractivity (Wildman–Crippen MR) is 107 cm³/mol. The minimum absolute atomic E-state index is 0.00548. The van der Waals surface area contributed by atoms with Gasteiger partial charge in [-0.15, -0.1) is 0 Å². The van der Waals surface area contributed by atoms with E-state index in [1.54, 1.807) is 24.3 Å². The lowest BCUT2D eigenvalue weighted by molar-refractivity contribution is -0.127. The normalized spacial score (nSPS) is 16.9. The Hall–Kier alpha value is -3.08. The maximum atomic E-state index is 12.9. The number of ketones is 1. The van der Waals surface area contributed by atoms with Crippen LogP contribution in [0.5, 0.6) is 11.5 Å². The molecule has 5 heteroatoms. The molecular formula is C23H23NO4. The molecule has 1 fully saturated rings. The van der Waals surface area contributed by atoms with Crippen molar-refractivity contribution in [2.45, 2.75) is 12.8 Å². The molecule has 1 amide bonds. The standard InChI is InChI=1S/C23H23NO4/c25-22(9-6-17-4-2-1-3-5-17)24-12-10-18(11-13-24)23(26)19-7-8-20-21(16-19)28-15-14-27-20/h1-9,16,18H,10-15H2/b9-6+. The van der Waals surface area contributed by atoms with Crippen LogP contribution in [0.25, 0.3) is 6.08 Å². The highest BCUT2D eigenvalue weighted by Crippen LogP contribution is 2.32. The number of Topliss-reactive ketones (excluding diaryl/α,β-unsaturated/α-hetero) is 1. The summed E-state index contributed by atoms with van der Waals surface area (Å²) in [6.07, 6.45) is 4.80.